The van der Waals surface area contributed by atoms with Crippen LogP contribution >= 0.6 is 24.4 Å². The minimum atomic E-state index is 0.175. The summed E-state index contributed by atoms with van der Waals surface area (Å²) in [5, 5.41) is 0. The van der Waals surface area contributed by atoms with Gasteiger partial charge in [0.15, 0.2) is 0 Å². The average Bonchev–Trinajstić information content (AvgIpc) is 2.13. The normalized spacial score (nSPS) is 34.8. The molecule has 1 unspecified atom stereocenters. The lowest BCUT2D eigenvalue weighted by atomic mass is 9.92. The minimum Gasteiger partial charge on any atom is -0.172 e. The molecule has 0 aliphatic carbocycles. The second-order valence-corrected chi connectivity index (χ2v) is 6.46. The molecule has 0 N–H and O–H groups in total. The zero-order chi connectivity index (χ0) is 7.83. The van der Waals surface area contributed by atoms with Gasteiger partial charge in [-0.3, -0.25) is 0 Å². The Morgan fingerprint density at radius 3 is 2.30 bits per heavy atom. The quantitative estimate of drug-likeness (QED) is 0.599. The largest absolute Gasteiger partial charge is 0.172 e. The third kappa shape index (κ3) is 1.48. The van der Waals surface area contributed by atoms with Crippen LogP contribution in [0.1, 0.15) is 33.6 Å². The summed E-state index contributed by atoms with van der Waals surface area (Å²) in [6.45, 7) is 6.76. The Kier molecular flexibility index (Phi) is 2.31. The van der Waals surface area contributed by atoms with Gasteiger partial charge in [0.25, 0.3) is 0 Å². The number of hydrogen-bond acceptors (Lipinski definition) is 2. The van der Waals surface area contributed by atoms with Crippen molar-refractivity contribution < 1.29 is 0 Å². The van der Waals surface area contributed by atoms with Gasteiger partial charge >= 0.3 is 0 Å². The maximum Gasteiger partial charge on any atom is 0.0271 e. The van der Waals surface area contributed by atoms with E-state index in [2.05, 4.69) is 45.2 Å². The lowest BCUT2D eigenvalue weighted by Crippen LogP contribution is -2.37. The van der Waals surface area contributed by atoms with Gasteiger partial charge in [0.05, 0.1) is 0 Å². The summed E-state index contributed by atoms with van der Waals surface area (Å²) in [4.78, 5) is 0. The lowest BCUT2D eigenvalue weighted by Gasteiger charge is -2.36. The molecule has 1 atom stereocenters. The number of thioether (sulfide) groups is 1. The van der Waals surface area contributed by atoms with Gasteiger partial charge in [0.2, 0.25) is 0 Å². The van der Waals surface area contributed by atoms with E-state index in [0.717, 1.165) is 0 Å². The van der Waals surface area contributed by atoms with Crippen molar-refractivity contribution in [1.29, 1.82) is 0 Å². The van der Waals surface area contributed by atoms with Crippen LogP contribution in [0.2, 0.25) is 0 Å². The fraction of sp³-hybridized carbons (Fsp3) is 1.00. The molecule has 1 heterocycles. The molecule has 0 aromatic carbocycles. The molecule has 0 aromatic rings. The first-order valence-electron chi connectivity index (χ1n) is 3.82. The molecule has 0 spiro atoms. The molecule has 0 aromatic heterocycles. The smallest absolute Gasteiger partial charge is 0.0271 e. The molecule has 1 saturated heterocycles. The Bertz CT molecular complexity index is 118. The van der Waals surface area contributed by atoms with Crippen LogP contribution < -0.4 is 0 Å². The van der Waals surface area contributed by atoms with Gasteiger partial charge in [-0.1, -0.05) is 0 Å². The summed E-state index contributed by atoms with van der Waals surface area (Å²) in [7, 11) is 0. The van der Waals surface area contributed by atoms with E-state index in [1.807, 2.05) is 0 Å². The van der Waals surface area contributed by atoms with Crippen molar-refractivity contribution in [3.63, 3.8) is 0 Å². The zero-order valence-corrected chi connectivity index (χ0v) is 8.69. The molecular formula is C8H16S2. The Balaban J connectivity index is 2.67. The second-order valence-electron chi connectivity index (χ2n) is 3.74. The highest BCUT2D eigenvalue weighted by molar-refractivity contribution is 8.01. The van der Waals surface area contributed by atoms with Gasteiger partial charge < -0.3 is 0 Å². The Hall–Kier alpha value is 0.700. The van der Waals surface area contributed by atoms with Crippen LogP contribution in [-0.2, 0) is 0 Å². The van der Waals surface area contributed by atoms with Gasteiger partial charge in [-0.25, -0.2) is 0 Å². The van der Waals surface area contributed by atoms with Crippen molar-refractivity contribution in [3.8, 4) is 0 Å². The molecule has 60 valence electrons. The van der Waals surface area contributed by atoms with E-state index in [9.17, 15) is 0 Å². The first-order valence-corrected chi connectivity index (χ1v) is 5.25. The van der Waals surface area contributed by atoms with E-state index in [4.69, 9.17) is 0 Å². The van der Waals surface area contributed by atoms with E-state index in [1.54, 1.807) is 0 Å². The SMILES string of the molecule is CC(C)(S)C1(C)CCCS1. The predicted octanol–water partition coefficient (Wildman–Crippen LogP) is 2.98. The molecule has 1 rings (SSSR count). The first-order chi connectivity index (χ1) is 4.46. The summed E-state index contributed by atoms with van der Waals surface area (Å²) in [5.74, 6) is 1.32. The van der Waals surface area contributed by atoms with Crippen LogP contribution in [0.3, 0.4) is 0 Å². The van der Waals surface area contributed by atoms with Gasteiger partial charge in [-0.05, 0) is 39.4 Å². The van der Waals surface area contributed by atoms with Crippen molar-refractivity contribution in [2.45, 2.75) is 43.1 Å². The second kappa shape index (κ2) is 2.63. The third-order valence-electron chi connectivity index (χ3n) is 2.51. The van der Waals surface area contributed by atoms with Gasteiger partial charge in [-0.2, -0.15) is 24.4 Å². The molecule has 1 fully saturated rings. The number of hydrogen-bond donors (Lipinski definition) is 1. The summed E-state index contributed by atoms with van der Waals surface area (Å²) in [6, 6.07) is 0. The van der Waals surface area contributed by atoms with Crippen LogP contribution in [0.15, 0.2) is 0 Å². The molecule has 1 aliphatic rings. The molecule has 1 aliphatic heterocycles. The summed E-state index contributed by atoms with van der Waals surface area (Å²) >= 11 is 6.69. The average molecular weight is 176 g/mol. The Morgan fingerprint density at radius 1 is 1.50 bits per heavy atom. The highest BCUT2D eigenvalue weighted by atomic mass is 32.2. The van der Waals surface area contributed by atoms with Gasteiger partial charge in [0, 0.05) is 9.49 Å². The van der Waals surface area contributed by atoms with Crippen molar-refractivity contribution in [3.05, 3.63) is 0 Å². The molecule has 0 saturated carbocycles. The zero-order valence-electron chi connectivity index (χ0n) is 6.98. The highest BCUT2D eigenvalue weighted by Gasteiger charge is 2.41. The Labute approximate surface area is 73.6 Å². The fourth-order valence-corrected chi connectivity index (χ4v) is 2.95. The van der Waals surface area contributed by atoms with Crippen molar-refractivity contribution in [2.75, 3.05) is 5.75 Å². The molecule has 0 bridgehead atoms. The summed E-state index contributed by atoms with van der Waals surface area (Å²) in [6.07, 6.45) is 2.69. The van der Waals surface area contributed by atoms with Crippen LogP contribution in [0.4, 0.5) is 0 Å². The van der Waals surface area contributed by atoms with Crippen molar-refractivity contribution >= 4 is 24.4 Å². The monoisotopic (exact) mass is 176 g/mol. The van der Waals surface area contributed by atoms with E-state index < -0.39 is 0 Å². The van der Waals surface area contributed by atoms with E-state index in [0.29, 0.717) is 4.75 Å². The maximum atomic E-state index is 4.61. The summed E-state index contributed by atoms with van der Waals surface area (Å²) < 4.78 is 0.588. The predicted molar refractivity (Wildman–Crippen MR) is 53.2 cm³/mol. The number of thiol groups is 1. The van der Waals surface area contributed by atoms with E-state index >= 15 is 0 Å². The molecule has 0 radical (unpaired) electrons. The fourth-order valence-electron chi connectivity index (χ4n) is 1.26. The topological polar surface area (TPSA) is 0 Å². The van der Waals surface area contributed by atoms with E-state index in [-0.39, 0.29) is 4.75 Å². The molecule has 0 amide bonds. The Morgan fingerprint density at radius 2 is 2.10 bits per heavy atom. The van der Waals surface area contributed by atoms with Crippen molar-refractivity contribution in [2.24, 2.45) is 0 Å². The van der Waals surface area contributed by atoms with Gasteiger partial charge in [0.1, 0.15) is 0 Å². The maximum absolute atomic E-state index is 4.61. The van der Waals surface area contributed by atoms with Crippen molar-refractivity contribution in [1.82, 2.24) is 0 Å². The minimum absolute atomic E-state index is 0.175. The molecule has 0 nitrogen and oxygen atoms in total. The third-order valence-corrected chi connectivity index (χ3v) is 5.00. The standard InChI is InChI=1S/C8H16S2/c1-7(2,9)8(3)5-4-6-10-8/h9H,4-6H2,1-3H3. The van der Waals surface area contributed by atoms with Crippen LogP contribution in [0.5, 0.6) is 0 Å². The number of rotatable bonds is 1. The van der Waals surface area contributed by atoms with Crippen LogP contribution in [-0.4, -0.2) is 15.2 Å². The van der Waals surface area contributed by atoms with Crippen LogP contribution in [0.25, 0.3) is 0 Å². The lowest BCUT2D eigenvalue weighted by molar-refractivity contribution is 0.496. The van der Waals surface area contributed by atoms with Crippen LogP contribution in [0, 0.1) is 0 Å². The van der Waals surface area contributed by atoms with Gasteiger partial charge in [-0.15, -0.1) is 0 Å². The van der Waals surface area contributed by atoms with E-state index in [1.165, 1.54) is 18.6 Å². The first kappa shape index (κ1) is 8.79. The molecule has 10 heavy (non-hydrogen) atoms. The summed E-state index contributed by atoms with van der Waals surface area (Å²) in [5.41, 5.74) is 0. The molecular weight excluding hydrogens is 160 g/mol. The highest BCUT2D eigenvalue weighted by Crippen LogP contribution is 2.47. The molecule has 2 heteroatoms.